The Hall–Kier alpha value is -2.11. The molecule has 1 rings (SSSR count). The molecule has 0 spiro atoms. The van der Waals surface area contributed by atoms with Gasteiger partial charge >= 0.3 is 5.91 Å². The van der Waals surface area contributed by atoms with Gasteiger partial charge < -0.3 is 9.62 Å². The third-order valence-electron chi connectivity index (χ3n) is 1.74. The molecule has 15 heavy (non-hydrogen) atoms. The van der Waals surface area contributed by atoms with Crippen LogP contribution in [0.2, 0.25) is 0 Å². The van der Waals surface area contributed by atoms with Crippen LogP contribution in [-0.4, -0.2) is 22.5 Å². The number of oxime groups is 1. The maximum Gasteiger partial charge on any atom is 0.307 e. The van der Waals surface area contributed by atoms with Crippen molar-refractivity contribution < 1.29 is 14.4 Å². The Bertz CT molecular complexity index is 393. The van der Waals surface area contributed by atoms with Gasteiger partial charge in [-0.25, -0.2) is 5.43 Å². The molecule has 0 unspecified atom stereocenters. The second kappa shape index (κ2) is 4.94. The molecule has 0 atom stereocenters. The highest BCUT2D eigenvalue weighted by atomic mass is 16.4. The van der Waals surface area contributed by atoms with Crippen LogP contribution in [0.25, 0.3) is 0 Å². The summed E-state index contributed by atoms with van der Waals surface area (Å²) in [5.74, 6) is -0.282. The monoisotopic (exact) mass is 209 g/mol. The summed E-state index contributed by atoms with van der Waals surface area (Å²) in [4.78, 5) is 11.3. The molecule has 0 saturated carbocycles. The lowest BCUT2D eigenvalue weighted by atomic mass is 10.3. The van der Waals surface area contributed by atoms with Crippen LogP contribution in [0.4, 0.5) is 0 Å². The van der Waals surface area contributed by atoms with Crippen molar-refractivity contribution in [3.63, 3.8) is 0 Å². The number of carbonyl (C=O) groups excluding carboxylic acids is 1. The zero-order valence-electron chi connectivity index (χ0n) is 8.39. The van der Waals surface area contributed by atoms with Crippen LogP contribution in [0, 0.1) is 0 Å². The van der Waals surface area contributed by atoms with Crippen molar-refractivity contribution in [3.05, 3.63) is 24.2 Å². The van der Waals surface area contributed by atoms with Crippen LogP contribution in [0.15, 0.2) is 33.1 Å². The highest BCUT2D eigenvalue weighted by molar-refractivity contribution is 6.40. The molecule has 0 fully saturated rings. The molecule has 0 aliphatic heterocycles. The molecule has 1 aromatic heterocycles. The normalized spacial score (nSPS) is 12.7. The molecule has 6 nitrogen and oxygen atoms in total. The molecule has 6 heteroatoms. The summed E-state index contributed by atoms with van der Waals surface area (Å²) in [6.45, 7) is 3.18. The van der Waals surface area contributed by atoms with Gasteiger partial charge in [-0.2, -0.15) is 5.10 Å². The van der Waals surface area contributed by atoms with Gasteiger partial charge in [0.2, 0.25) is 0 Å². The lowest BCUT2D eigenvalue weighted by Crippen LogP contribution is -2.20. The quantitative estimate of drug-likeness (QED) is 0.446. The van der Waals surface area contributed by atoms with E-state index in [9.17, 15) is 4.79 Å². The molecule has 0 aliphatic rings. The summed E-state index contributed by atoms with van der Waals surface area (Å²) < 4.78 is 4.85. The van der Waals surface area contributed by atoms with Crippen molar-refractivity contribution in [2.75, 3.05) is 0 Å². The van der Waals surface area contributed by atoms with E-state index in [4.69, 9.17) is 9.62 Å². The fourth-order valence-corrected chi connectivity index (χ4v) is 0.751. The van der Waals surface area contributed by atoms with Crippen LogP contribution >= 0.6 is 0 Å². The predicted octanol–water partition coefficient (Wildman–Crippen LogP) is 1.24. The van der Waals surface area contributed by atoms with Crippen LogP contribution in [-0.2, 0) is 0 Å². The molecule has 1 heterocycles. The molecule has 80 valence electrons. The van der Waals surface area contributed by atoms with Crippen molar-refractivity contribution >= 4 is 17.3 Å². The van der Waals surface area contributed by atoms with Gasteiger partial charge in [-0.15, -0.1) is 0 Å². The minimum absolute atomic E-state index is 0.171. The summed E-state index contributed by atoms with van der Waals surface area (Å²) in [5.41, 5.74) is 3.01. The summed E-state index contributed by atoms with van der Waals surface area (Å²) in [6, 6.07) is 3.12. The third kappa shape index (κ3) is 2.94. The summed E-state index contributed by atoms with van der Waals surface area (Å²) in [5, 5.41) is 15.1. The van der Waals surface area contributed by atoms with Crippen molar-refractivity contribution in [3.8, 4) is 0 Å². The summed E-state index contributed by atoms with van der Waals surface area (Å²) in [7, 11) is 0. The van der Waals surface area contributed by atoms with Gasteiger partial charge in [-0.3, -0.25) is 4.79 Å². The minimum atomic E-state index is -0.454. The van der Waals surface area contributed by atoms with E-state index < -0.39 is 5.91 Å². The topological polar surface area (TPSA) is 87.2 Å². The second-order valence-electron chi connectivity index (χ2n) is 2.80. The first-order valence-corrected chi connectivity index (χ1v) is 4.22. The first-order chi connectivity index (χ1) is 7.15. The van der Waals surface area contributed by atoms with Gasteiger partial charge in [-0.05, 0) is 26.0 Å². The Morgan fingerprint density at radius 3 is 2.73 bits per heavy atom. The zero-order valence-corrected chi connectivity index (χ0v) is 8.39. The molecule has 2 N–H and O–H groups in total. The van der Waals surface area contributed by atoms with Crippen LogP contribution in [0.5, 0.6) is 0 Å². The first-order valence-electron chi connectivity index (χ1n) is 4.22. The van der Waals surface area contributed by atoms with E-state index in [0.29, 0.717) is 11.4 Å². The van der Waals surface area contributed by atoms with Gasteiger partial charge in [0, 0.05) is 0 Å². The van der Waals surface area contributed by atoms with Crippen LogP contribution in [0.1, 0.15) is 24.4 Å². The lowest BCUT2D eigenvalue weighted by Gasteiger charge is -1.98. The van der Waals surface area contributed by atoms with E-state index in [1.54, 1.807) is 19.9 Å². The number of rotatable bonds is 3. The number of nitrogens with zero attached hydrogens (tertiary/aromatic N) is 2. The molecule has 0 bridgehead atoms. The van der Waals surface area contributed by atoms with Gasteiger partial charge in [0.1, 0.15) is 0 Å². The van der Waals surface area contributed by atoms with E-state index in [1.165, 1.54) is 12.3 Å². The average molecular weight is 209 g/mol. The Balaban J connectivity index is 2.61. The Labute approximate surface area is 86.3 Å². The second-order valence-corrected chi connectivity index (χ2v) is 2.80. The maximum absolute atomic E-state index is 11.3. The molecule has 0 aliphatic carbocycles. The zero-order chi connectivity index (χ0) is 11.3. The minimum Gasteiger partial charge on any atom is -0.459 e. The van der Waals surface area contributed by atoms with Gasteiger partial charge in [0.25, 0.3) is 0 Å². The van der Waals surface area contributed by atoms with Crippen molar-refractivity contribution in [2.45, 2.75) is 13.8 Å². The summed E-state index contributed by atoms with van der Waals surface area (Å²) in [6.07, 6.45) is 1.39. The number of furan rings is 1. The number of nitrogens with one attached hydrogen (secondary N) is 1. The first kappa shape index (κ1) is 11.0. The lowest BCUT2D eigenvalue weighted by molar-refractivity contribution is 0.0927. The molecule has 0 aromatic carbocycles. The largest absolute Gasteiger partial charge is 0.459 e. The molecular weight excluding hydrogens is 198 g/mol. The number of hydrogen-bond donors (Lipinski definition) is 2. The maximum atomic E-state index is 11.3. The van der Waals surface area contributed by atoms with E-state index >= 15 is 0 Å². The molecule has 1 amide bonds. The molecule has 0 saturated heterocycles. The number of hydrogen-bond acceptors (Lipinski definition) is 5. The third-order valence-corrected chi connectivity index (χ3v) is 1.74. The Morgan fingerprint density at radius 2 is 2.20 bits per heavy atom. The number of hydrazone groups is 1. The molecule has 1 aromatic rings. The molecule has 0 radical (unpaired) electrons. The van der Waals surface area contributed by atoms with Crippen molar-refractivity contribution in [1.29, 1.82) is 0 Å². The standard InChI is InChI=1S/C9H11N3O3/c1-6(7(2)12-14)10-11-9(13)8-4-3-5-15-8/h3-5,14H,1-2H3,(H,11,13)/b10-6-,12-7+. The highest BCUT2D eigenvalue weighted by Crippen LogP contribution is 1.98. The SMILES string of the molecule is CC(=N/NC(=O)c1ccco1)/C(C)=N/O. The van der Waals surface area contributed by atoms with Crippen molar-refractivity contribution in [1.82, 2.24) is 5.43 Å². The van der Waals surface area contributed by atoms with Crippen LogP contribution < -0.4 is 5.43 Å². The Kier molecular flexibility index (Phi) is 3.61. The van der Waals surface area contributed by atoms with Gasteiger partial charge in [0.05, 0.1) is 17.7 Å². The van der Waals surface area contributed by atoms with Crippen LogP contribution in [0.3, 0.4) is 0 Å². The fraction of sp³-hybridized carbons (Fsp3) is 0.222. The van der Waals surface area contributed by atoms with Crippen molar-refractivity contribution in [2.24, 2.45) is 10.3 Å². The fourth-order valence-electron chi connectivity index (χ4n) is 0.751. The highest BCUT2D eigenvalue weighted by Gasteiger charge is 2.07. The summed E-state index contributed by atoms with van der Waals surface area (Å²) >= 11 is 0. The van der Waals surface area contributed by atoms with Gasteiger partial charge in [0.15, 0.2) is 5.76 Å². The van der Waals surface area contributed by atoms with E-state index in [1.807, 2.05) is 0 Å². The number of carbonyl (C=O) groups is 1. The van der Waals surface area contributed by atoms with E-state index in [-0.39, 0.29) is 5.76 Å². The smallest absolute Gasteiger partial charge is 0.307 e. The predicted molar refractivity (Wildman–Crippen MR) is 54.2 cm³/mol. The van der Waals surface area contributed by atoms with E-state index in [0.717, 1.165) is 0 Å². The average Bonchev–Trinajstić information content (AvgIpc) is 2.77. The molecular formula is C9H11N3O3. The Morgan fingerprint density at radius 1 is 1.47 bits per heavy atom. The van der Waals surface area contributed by atoms with E-state index in [2.05, 4.69) is 15.7 Å². The van der Waals surface area contributed by atoms with Gasteiger partial charge in [-0.1, -0.05) is 5.16 Å². The number of amides is 1.